The summed E-state index contributed by atoms with van der Waals surface area (Å²) in [6, 6.07) is 7.70. The van der Waals surface area contributed by atoms with Crippen LogP contribution in [0.25, 0.3) is 0 Å². The molecule has 0 N–H and O–H groups in total. The van der Waals surface area contributed by atoms with Crippen LogP contribution in [-0.2, 0) is 16.1 Å². The molecule has 0 aliphatic carbocycles. The van der Waals surface area contributed by atoms with E-state index < -0.39 is 0 Å². The van der Waals surface area contributed by atoms with Gasteiger partial charge in [-0.25, -0.2) is 0 Å². The molecule has 2 amide bonds. The topological polar surface area (TPSA) is 40.6 Å². The van der Waals surface area contributed by atoms with Crippen molar-refractivity contribution >= 4 is 35.2 Å². The molecule has 0 radical (unpaired) electrons. The van der Waals surface area contributed by atoms with E-state index in [4.69, 9.17) is 11.6 Å². The van der Waals surface area contributed by atoms with Crippen LogP contribution in [0.1, 0.15) is 38.7 Å². The van der Waals surface area contributed by atoms with Gasteiger partial charge in [0, 0.05) is 43.0 Å². The maximum Gasteiger partial charge on any atom is 0.235 e. The van der Waals surface area contributed by atoms with Gasteiger partial charge in [-0.15, -0.1) is 11.8 Å². The van der Waals surface area contributed by atoms with E-state index in [1.165, 1.54) is 0 Å². The maximum absolute atomic E-state index is 12.5. The Morgan fingerprint density at radius 2 is 1.92 bits per heavy atom. The van der Waals surface area contributed by atoms with E-state index in [0.717, 1.165) is 43.8 Å². The first-order valence-corrected chi connectivity index (χ1v) is 10.8. The van der Waals surface area contributed by atoms with E-state index in [9.17, 15) is 9.59 Å². The highest BCUT2D eigenvalue weighted by Crippen LogP contribution is 2.41. The predicted molar refractivity (Wildman–Crippen MR) is 107 cm³/mol. The molecule has 2 aliphatic heterocycles. The Hall–Kier alpha value is -1.20. The molecule has 6 heteroatoms. The summed E-state index contributed by atoms with van der Waals surface area (Å²) in [5, 5.41) is 0.742. The van der Waals surface area contributed by atoms with E-state index in [1.807, 2.05) is 41.0 Å². The smallest absolute Gasteiger partial charge is 0.235 e. The number of nitrogens with zero attached hydrogens (tertiary/aromatic N) is 2. The highest BCUT2D eigenvalue weighted by atomic mass is 35.5. The van der Waals surface area contributed by atoms with E-state index in [0.29, 0.717) is 18.0 Å². The maximum atomic E-state index is 12.5. The molecular weight excluding hydrogens is 368 g/mol. The standard InChI is InChI=1S/C20H27ClN2O2S/c1-3-26-15(2)19(25)22-10-8-20(9-11-22)12-18(24)23(14-20)13-16-4-6-17(21)7-5-16/h4-7,15H,3,8-14H2,1-2H3. The molecule has 1 spiro atoms. The third-order valence-electron chi connectivity index (χ3n) is 5.59. The lowest BCUT2D eigenvalue weighted by Gasteiger charge is -2.39. The second-order valence-corrected chi connectivity index (χ2v) is 9.53. The molecule has 2 saturated heterocycles. The lowest BCUT2D eigenvalue weighted by Crippen LogP contribution is -2.46. The van der Waals surface area contributed by atoms with Crippen LogP contribution >= 0.6 is 23.4 Å². The van der Waals surface area contributed by atoms with Crippen LogP contribution in [0.3, 0.4) is 0 Å². The average molecular weight is 395 g/mol. The number of thioether (sulfide) groups is 1. The number of benzene rings is 1. The number of hydrogen-bond acceptors (Lipinski definition) is 3. The second kappa shape index (κ2) is 8.22. The minimum absolute atomic E-state index is 0.0284. The third-order valence-corrected chi connectivity index (χ3v) is 6.88. The number of likely N-dealkylation sites (tertiary alicyclic amines) is 2. The van der Waals surface area contributed by atoms with Gasteiger partial charge in [0.15, 0.2) is 0 Å². The van der Waals surface area contributed by atoms with Crippen molar-refractivity contribution in [1.82, 2.24) is 9.80 Å². The van der Waals surface area contributed by atoms with Crippen molar-refractivity contribution in [1.29, 1.82) is 0 Å². The average Bonchev–Trinajstić information content (AvgIpc) is 2.92. The van der Waals surface area contributed by atoms with E-state index in [-0.39, 0.29) is 22.5 Å². The summed E-state index contributed by atoms with van der Waals surface area (Å²) in [5.74, 6) is 1.43. The second-order valence-electron chi connectivity index (χ2n) is 7.48. The van der Waals surface area contributed by atoms with Crippen molar-refractivity contribution in [3.8, 4) is 0 Å². The first-order chi connectivity index (χ1) is 12.4. The Morgan fingerprint density at radius 1 is 1.27 bits per heavy atom. The van der Waals surface area contributed by atoms with Gasteiger partial charge in [-0.2, -0.15) is 0 Å². The van der Waals surface area contributed by atoms with E-state index in [1.54, 1.807) is 11.8 Å². The molecule has 0 aromatic heterocycles. The summed E-state index contributed by atoms with van der Waals surface area (Å²) < 4.78 is 0. The number of amides is 2. The number of carbonyl (C=O) groups excluding carboxylic acids is 2. The number of carbonyl (C=O) groups is 2. The summed E-state index contributed by atoms with van der Waals surface area (Å²) in [4.78, 5) is 29.0. The highest BCUT2D eigenvalue weighted by Gasteiger charge is 2.45. The summed E-state index contributed by atoms with van der Waals surface area (Å²) >= 11 is 7.64. The van der Waals surface area contributed by atoms with Gasteiger partial charge in [0.05, 0.1) is 5.25 Å². The van der Waals surface area contributed by atoms with Gasteiger partial charge in [0.25, 0.3) is 0 Å². The van der Waals surface area contributed by atoms with Gasteiger partial charge in [0.1, 0.15) is 0 Å². The van der Waals surface area contributed by atoms with Crippen LogP contribution in [0, 0.1) is 5.41 Å². The Balaban J connectivity index is 1.57. The fourth-order valence-corrected chi connectivity index (χ4v) is 4.97. The van der Waals surface area contributed by atoms with Gasteiger partial charge in [-0.1, -0.05) is 30.7 Å². The normalized spacial score (nSPS) is 20.7. The van der Waals surface area contributed by atoms with Crippen LogP contribution in [0.4, 0.5) is 0 Å². The highest BCUT2D eigenvalue weighted by molar-refractivity contribution is 8.00. The largest absolute Gasteiger partial charge is 0.342 e. The molecule has 2 heterocycles. The van der Waals surface area contributed by atoms with Crippen LogP contribution in [-0.4, -0.2) is 52.3 Å². The molecule has 3 rings (SSSR count). The molecule has 4 nitrogen and oxygen atoms in total. The first kappa shape index (κ1) is 19.6. The van der Waals surface area contributed by atoms with Crippen molar-refractivity contribution in [2.75, 3.05) is 25.4 Å². The molecule has 2 aliphatic rings. The van der Waals surface area contributed by atoms with E-state index >= 15 is 0 Å². The van der Waals surface area contributed by atoms with Crippen LogP contribution < -0.4 is 0 Å². The zero-order chi connectivity index (χ0) is 18.7. The number of rotatable bonds is 5. The van der Waals surface area contributed by atoms with Crippen molar-refractivity contribution in [3.05, 3.63) is 34.9 Å². The Labute approximate surface area is 165 Å². The van der Waals surface area contributed by atoms with Crippen molar-refractivity contribution in [3.63, 3.8) is 0 Å². The van der Waals surface area contributed by atoms with Crippen molar-refractivity contribution < 1.29 is 9.59 Å². The summed E-state index contributed by atoms with van der Waals surface area (Å²) in [6.07, 6.45) is 2.46. The van der Waals surface area contributed by atoms with Gasteiger partial charge >= 0.3 is 0 Å². The van der Waals surface area contributed by atoms with Crippen LogP contribution in [0.5, 0.6) is 0 Å². The molecule has 1 aromatic carbocycles. The van der Waals surface area contributed by atoms with Gasteiger partial charge < -0.3 is 9.80 Å². The molecule has 2 fully saturated rings. The lowest BCUT2D eigenvalue weighted by molar-refractivity contribution is -0.132. The van der Waals surface area contributed by atoms with Crippen molar-refractivity contribution in [2.45, 2.75) is 44.9 Å². The van der Waals surface area contributed by atoms with Gasteiger partial charge in [-0.3, -0.25) is 9.59 Å². The zero-order valence-corrected chi connectivity index (χ0v) is 17.1. The molecule has 142 valence electrons. The fraction of sp³-hybridized carbons (Fsp3) is 0.600. The summed E-state index contributed by atoms with van der Waals surface area (Å²) in [6.45, 7) is 7.07. The summed E-state index contributed by atoms with van der Waals surface area (Å²) in [5.41, 5.74) is 1.15. The molecule has 1 atom stereocenters. The SMILES string of the molecule is CCSC(C)C(=O)N1CCC2(CC1)CC(=O)N(Cc1ccc(Cl)cc1)C2. The minimum Gasteiger partial charge on any atom is -0.342 e. The van der Waals surface area contributed by atoms with E-state index in [2.05, 4.69) is 6.92 Å². The Morgan fingerprint density at radius 3 is 2.54 bits per heavy atom. The van der Waals surface area contributed by atoms with Crippen LogP contribution in [0.15, 0.2) is 24.3 Å². The predicted octanol–water partition coefficient (Wildman–Crippen LogP) is 3.82. The van der Waals surface area contributed by atoms with Crippen LogP contribution in [0.2, 0.25) is 5.02 Å². The molecule has 1 aromatic rings. The third kappa shape index (κ3) is 4.37. The Bertz CT molecular complexity index is 656. The number of halogens is 1. The minimum atomic E-state index is 0.0284. The molecule has 26 heavy (non-hydrogen) atoms. The number of hydrogen-bond donors (Lipinski definition) is 0. The van der Waals surface area contributed by atoms with Gasteiger partial charge in [-0.05, 0) is 43.2 Å². The van der Waals surface area contributed by atoms with Crippen molar-refractivity contribution in [2.24, 2.45) is 5.41 Å². The number of piperidine rings is 1. The molecule has 0 bridgehead atoms. The first-order valence-electron chi connectivity index (χ1n) is 9.35. The lowest BCUT2D eigenvalue weighted by atomic mass is 9.77. The fourth-order valence-electron chi connectivity index (χ4n) is 4.05. The Kier molecular flexibility index (Phi) is 6.18. The molecule has 1 unspecified atom stereocenters. The zero-order valence-electron chi connectivity index (χ0n) is 15.5. The molecule has 0 saturated carbocycles. The molecular formula is C20H27ClN2O2S. The monoisotopic (exact) mass is 394 g/mol. The van der Waals surface area contributed by atoms with Gasteiger partial charge in [0.2, 0.25) is 11.8 Å². The quantitative estimate of drug-likeness (QED) is 0.762. The summed E-state index contributed by atoms with van der Waals surface area (Å²) in [7, 11) is 0.